The molecule has 0 fully saturated rings. The van der Waals surface area contributed by atoms with Crippen molar-refractivity contribution in [3.8, 4) is 5.75 Å². The standard InChI is InChI=1S/C27H23NO4/c1-2-16-31-20-14-12-19(13-15-20)24-23-25(29)21-10-6-7-11-22(21)32-26(23)27(30)28(24)17-18-8-4-3-5-9-18/h3-15,24H,2,16-17H2,1H3/t24-/m1/s1. The fraction of sp³-hybridized carbons (Fsp3) is 0.185. The molecule has 3 aromatic carbocycles. The van der Waals surface area contributed by atoms with Gasteiger partial charge in [0.05, 0.1) is 23.6 Å². The minimum Gasteiger partial charge on any atom is -0.494 e. The van der Waals surface area contributed by atoms with Gasteiger partial charge in [-0.1, -0.05) is 61.5 Å². The molecule has 0 radical (unpaired) electrons. The van der Waals surface area contributed by atoms with E-state index < -0.39 is 6.04 Å². The third-order valence-corrected chi connectivity index (χ3v) is 5.74. The zero-order valence-corrected chi connectivity index (χ0v) is 17.8. The first kappa shape index (κ1) is 20.1. The van der Waals surface area contributed by atoms with Gasteiger partial charge in [0, 0.05) is 6.54 Å². The topological polar surface area (TPSA) is 59.8 Å². The van der Waals surface area contributed by atoms with Gasteiger partial charge in [0.2, 0.25) is 5.76 Å². The SMILES string of the molecule is CCCOc1ccc([C@@H]2c3c(oc4ccccc4c3=O)C(=O)N2Cc2ccccc2)cc1. The molecule has 0 unspecified atom stereocenters. The van der Waals surface area contributed by atoms with Crippen LogP contribution in [0.3, 0.4) is 0 Å². The zero-order chi connectivity index (χ0) is 22.1. The first-order valence-corrected chi connectivity index (χ1v) is 10.8. The second-order valence-electron chi connectivity index (χ2n) is 7.91. The molecule has 0 bridgehead atoms. The molecule has 32 heavy (non-hydrogen) atoms. The third kappa shape index (κ3) is 3.46. The van der Waals surface area contributed by atoms with E-state index in [1.165, 1.54) is 0 Å². The van der Waals surface area contributed by atoms with Gasteiger partial charge in [0.1, 0.15) is 11.3 Å². The van der Waals surface area contributed by atoms with Crippen molar-refractivity contribution in [3.05, 3.63) is 112 Å². The van der Waals surface area contributed by atoms with Crippen LogP contribution in [-0.4, -0.2) is 17.4 Å². The molecule has 160 valence electrons. The summed E-state index contributed by atoms with van der Waals surface area (Å²) in [6.45, 7) is 3.07. The molecular weight excluding hydrogens is 402 g/mol. The molecule has 0 saturated heterocycles. The van der Waals surface area contributed by atoms with Crippen molar-refractivity contribution in [3.63, 3.8) is 0 Å². The van der Waals surface area contributed by atoms with E-state index in [1.54, 1.807) is 29.2 Å². The maximum atomic E-state index is 13.5. The van der Waals surface area contributed by atoms with Crippen LogP contribution in [0.15, 0.2) is 88.1 Å². The predicted molar refractivity (Wildman–Crippen MR) is 123 cm³/mol. The lowest BCUT2D eigenvalue weighted by atomic mass is 9.98. The number of amides is 1. The van der Waals surface area contributed by atoms with Crippen LogP contribution >= 0.6 is 0 Å². The van der Waals surface area contributed by atoms with Crippen LogP contribution < -0.4 is 10.2 Å². The molecule has 5 nitrogen and oxygen atoms in total. The highest BCUT2D eigenvalue weighted by atomic mass is 16.5. The van der Waals surface area contributed by atoms with Crippen LogP contribution in [0.1, 0.15) is 46.6 Å². The van der Waals surface area contributed by atoms with Crippen molar-refractivity contribution >= 4 is 16.9 Å². The van der Waals surface area contributed by atoms with Crippen molar-refractivity contribution in [2.45, 2.75) is 25.9 Å². The van der Waals surface area contributed by atoms with Gasteiger partial charge in [-0.15, -0.1) is 0 Å². The Bertz CT molecular complexity index is 1330. The molecule has 1 aromatic heterocycles. The fourth-order valence-electron chi connectivity index (χ4n) is 4.22. The average Bonchev–Trinajstić information content (AvgIpc) is 3.10. The van der Waals surface area contributed by atoms with Gasteiger partial charge in [-0.2, -0.15) is 0 Å². The number of carbonyl (C=O) groups is 1. The fourth-order valence-corrected chi connectivity index (χ4v) is 4.22. The summed E-state index contributed by atoms with van der Waals surface area (Å²) >= 11 is 0. The van der Waals surface area contributed by atoms with Crippen LogP contribution in [0.25, 0.3) is 11.0 Å². The summed E-state index contributed by atoms with van der Waals surface area (Å²) in [5.41, 5.74) is 2.49. The van der Waals surface area contributed by atoms with Crippen molar-refractivity contribution in [1.82, 2.24) is 4.90 Å². The highest BCUT2D eigenvalue weighted by Crippen LogP contribution is 2.39. The maximum absolute atomic E-state index is 13.5. The monoisotopic (exact) mass is 425 g/mol. The number of hydrogen-bond donors (Lipinski definition) is 0. The second-order valence-corrected chi connectivity index (χ2v) is 7.91. The van der Waals surface area contributed by atoms with Crippen LogP contribution in [0.4, 0.5) is 0 Å². The smallest absolute Gasteiger partial charge is 0.291 e. The Hall–Kier alpha value is -3.86. The van der Waals surface area contributed by atoms with Crippen LogP contribution in [0.5, 0.6) is 5.75 Å². The molecule has 5 rings (SSSR count). The molecule has 1 atom stereocenters. The number of rotatable bonds is 6. The summed E-state index contributed by atoms with van der Waals surface area (Å²) in [5, 5.41) is 0.480. The Kier molecular flexibility index (Phi) is 5.23. The molecule has 0 aliphatic carbocycles. The van der Waals surface area contributed by atoms with Crippen molar-refractivity contribution < 1.29 is 13.9 Å². The second kappa shape index (κ2) is 8.35. The molecule has 0 spiro atoms. The van der Waals surface area contributed by atoms with Gasteiger partial charge in [0.25, 0.3) is 5.91 Å². The van der Waals surface area contributed by atoms with Gasteiger partial charge in [0.15, 0.2) is 5.43 Å². The number of ether oxygens (including phenoxy) is 1. The van der Waals surface area contributed by atoms with E-state index in [1.807, 2.05) is 54.6 Å². The number of benzene rings is 3. The lowest BCUT2D eigenvalue weighted by Crippen LogP contribution is -2.29. The summed E-state index contributed by atoms with van der Waals surface area (Å²) in [5.74, 6) is 0.615. The van der Waals surface area contributed by atoms with E-state index in [4.69, 9.17) is 9.15 Å². The third-order valence-electron chi connectivity index (χ3n) is 5.74. The summed E-state index contributed by atoms with van der Waals surface area (Å²) in [7, 11) is 0. The lowest BCUT2D eigenvalue weighted by molar-refractivity contribution is 0.0714. The Morgan fingerprint density at radius 2 is 1.62 bits per heavy atom. The first-order valence-electron chi connectivity index (χ1n) is 10.8. The number of hydrogen-bond acceptors (Lipinski definition) is 4. The Morgan fingerprint density at radius 1 is 0.906 bits per heavy atom. The van der Waals surface area contributed by atoms with E-state index in [-0.39, 0.29) is 17.1 Å². The highest BCUT2D eigenvalue weighted by Gasteiger charge is 2.42. The molecule has 2 heterocycles. The maximum Gasteiger partial charge on any atom is 0.291 e. The summed E-state index contributed by atoms with van der Waals surface area (Å²) in [6.07, 6.45) is 0.922. The quantitative estimate of drug-likeness (QED) is 0.419. The van der Waals surface area contributed by atoms with Crippen LogP contribution in [0, 0.1) is 0 Å². The van der Waals surface area contributed by atoms with Crippen LogP contribution in [0.2, 0.25) is 0 Å². The number of para-hydroxylation sites is 1. The van der Waals surface area contributed by atoms with E-state index in [0.717, 1.165) is 23.3 Å². The summed E-state index contributed by atoms with van der Waals surface area (Å²) in [6, 6.07) is 23.9. The Morgan fingerprint density at radius 3 is 2.38 bits per heavy atom. The molecule has 1 aliphatic heterocycles. The minimum absolute atomic E-state index is 0.126. The Labute approximate surface area is 185 Å². The largest absolute Gasteiger partial charge is 0.494 e. The van der Waals surface area contributed by atoms with E-state index in [9.17, 15) is 9.59 Å². The number of fused-ring (bicyclic) bond motifs is 2. The molecule has 1 aliphatic rings. The minimum atomic E-state index is -0.529. The van der Waals surface area contributed by atoms with Gasteiger partial charge < -0.3 is 14.1 Å². The summed E-state index contributed by atoms with van der Waals surface area (Å²) < 4.78 is 11.7. The van der Waals surface area contributed by atoms with Gasteiger partial charge in [-0.25, -0.2) is 0 Å². The molecule has 5 heteroatoms. The van der Waals surface area contributed by atoms with Gasteiger partial charge in [-0.05, 0) is 41.8 Å². The molecule has 4 aromatic rings. The zero-order valence-electron chi connectivity index (χ0n) is 17.8. The molecule has 0 N–H and O–H groups in total. The predicted octanol–water partition coefficient (Wildman–Crippen LogP) is 5.33. The van der Waals surface area contributed by atoms with Crippen molar-refractivity contribution in [2.75, 3.05) is 6.61 Å². The van der Waals surface area contributed by atoms with E-state index in [0.29, 0.717) is 29.7 Å². The molecule has 1 amide bonds. The van der Waals surface area contributed by atoms with Crippen molar-refractivity contribution in [1.29, 1.82) is 0 Å². The first-order chi connectivity index (χ1) is 15.7. The normalized spacial score (nSPS) is 15.2. The van der Waals surface area contributed by atoms with Crippen LogP contribution in [-0.2, 0) is 6.54 Å². The Balaban J connectivity index is 1.64. The van der Waals surface area contributed by atoms with E-state index in [2.05, 4.69) is 6.92 Å². The lowest BCUT2D eigenvalue weighted by Gasteiger charge is -2.25. The molecule has 0 saturated carbocycles. The number of carbonyl (C=O) groups excluding carboxylic acids is 1. The van der Waals surface area contributed by atoms with Gasteiger partial charge >= 0.3 is 0 Å². The average molecular weight is 425 g/mol. The van der Waals surface area contributed by atoms with E-state index >= 15 is 0 Å². The highest BCUT2D eigenvalue weighted by molar-refractivity contribution is 5.99. The van der Waals surface area contributed by atoms with Gasteiger partial charge in [-0.3, -0.25) is 9.59 Å². The summed E-state index contributed by atoms with van der Waals surface area (Å²) in [4.78, 5) is 28.7. The van der Waals surface area contributed by atoms with Crippen molar-refractivity contribution in [2.24, 2.45) is 0 Å². The number of nitrogens with zero attached hydrogens (tertiary/aromatic N) is 1. The molecular formula is C27H23NO4.